The van der Waals surface area contributed by atoms with Gasteiger partial charge in [0, 0.05) is 13.0 Å². The van der Waals surface area contributed by atoms with Gasteiger partial charge in [0.1, 0.15) is 36.3 Å². The summed E-state index contributed by atoms with van der Waals surface area (Å²) < 4.78 is 0. The normalized spacial score (nSPS) is 16.0. The third-order valence-electron chi connectivity index (χ3n) is 8.36. The van der Waals surface area contributed by atoms with Crippen LogP contribution in [0.5, 0.6) is 0 Å². The molecule has 1 heterocycles. The lowest BCUT2D eigenvalue weighted by Gasteiger charge is -2.25. The van der Waals surface area contributed by atoms with E-state index in [1.165, 1.54) is 6.92 Å². The maximum Gasteiger partial charge on any atom is 0.328 e. The van der Waals surface area contributed by atoms with E-state index in [9.17, 15) is 63.0 Å². The first-order valence-corrected chi connectivity index (χ1v) is 17.9. The lowest BCUT2D eigenvalue weighted by Crippen LogP contribution is -2.57. The zero-order chi connectivity index (χ0) is 43.2. The zero-order valence-electron chi connectivity index (χ0n) is 31.2. The van der Waals surface area contributed by atoms with Gasteiger partial charge in [0.05, 0.1) is 32.7 Å². The lowest BCUT2D eigenvalue weighted by molar-refractivity contribution is -0.145. The number of carbonyl (C=O) groups excluding carboxylic acids is 8. The highest BCUT2D eigenvalue weighted by molar-refractivity contribution is 5.97. The number of rotatable bonds is 26. The molecule has 0 unspecified atom stereocenters. The second-order valence-electron chi connectivity index (χ2n) is 12.8. The van der Waals surface area contributed by atoms with Crippen LogP contribution in [0.4, 0.5) is 0 Å². The SMILES string of the molecule is C[C@H](NC(=O)[C@H](CCC(=O)O)NC(=O)CNC(=O)[C@H](CCCCN)NC(=O)[C@H](CC(=O)O)NC(=O)CN)C(=O)NCC(=O)N1CCC[C@H]1C(=O)N[C@@H](CO)C(=O)O. The Morgan fingerprint density at radius 2 is 1.30 bits per heavy atom. The van der Waals surface area contributed by atoms with Gasteiger partial charge in [-0.3, -0.25) is 47.9 Å². The van der Waals surface area contributed by atoms with E-state index in [0.29, 0.717) is 19.3 Å². The second kappa shape index (κ2) is 25.3. The van der Waals surface area contributed by atoms with Crippen molar-refractivity contribution in [2.45, 2.75) is 94.5 Å². The van der Waals surface area contributed by atoms with Crippen molar-refractivity contribution in [1.29, 1.82) is 0 Å². The largest absolute Gasteiger partial charge is 0.481 e. The van der Waals surface area contributed by atoms with Gasteiger partial charge in [-0.1, -0.05) is 0 Å². The zero-order valence-corrected chi connectivity index (χ0v) is 31.2. The molecule has 1 rings (SSSR count). The maximum atomic E-state index is 13.1. The number of nitrogens with zero attached hydrogens (tertiary/aromatic N) is 1. The first-order valence-electron chi connectivity index (χ1n) is 17.9. The van der Waals surface area contributed by atoms with Crippen LogP contribution >= 0.6 is 0 Å². The van der Waals surface area contributed by atoms with Gasteiger partial charge in [-0.15, -0.1) is 0 Å². The molecular formula is C32H52N10O15. The van der Waals surface area contributed by atoms with Crippen molar-refractivity contribution in [2.24, 2.45) is 11.5 Å². The molecule has 0 bridgehead atoms. The van der Waals surface area contributed by atoms with Gasteiger partial charge in [0.15, 0.2) is 0 Å². The minimum Gasteiger partial charge on any atom is -0.481 e. The van der Waals surface area contributed by atoms with Gasteiger partial charge in [-0.05, 0) is 52.0 Å². The van der Waals surface area contributed by atoms with Crippen LogP contribution < -0.4 is 48.7 Å². The Morgan fingerprint density at radius 1 is 0.684 bits per heavy atom. The molecule has 1 aliphatic rings. The Hall–Kier alpha value is -5.95. The van der Waals surface area contributed by atoms with Gasteiger partial charge in [0.25, 0.3) is 0 Å². The van der Waals surface area contributed by atoms with E-state index < -0.39 is 147 Å². The van der Waals surface area contributed by atoms with Crippen molar-refractivity contribution in [3.63, 3.8) is 0 Å². The molecule has 0 aromatic heterocycles. The summed E-state index contributed by atoms with van der Waals surface area (Å²) in [6, 6.07) is -8.45. The number of carboxylic acids is 3. The molecule has 15 N–H and O–H groups in total. The predicted molar refractivity (Wildman–Crippen MR) is 192 cm³/mol. The van der Waals surface area contributed by atoms with Crippen LogP contribution in [-0.2, 0) is 52.7 Å². The number of unbranched alkanes of at least 4 members (excludes halogenated alkanes) is 1. The van der Waals surface area contributed by atoms with Crippen LogP contribution in [0.2, 0.25) is 0 Å². The van der Waals surface area contributed by atoms with Crippen molar-refractivity contribution in [3.05, 3.63) is 0 Å². The van der Waals surface area contributed by atoms with Crippen molar-refractivity contribution in [1.82, 2.24) is 42.1 Å². The number of aliphatic hydroxyl groups excluding tert-OH is 1. The van der Waals surface area contributed by atoms with Gasteiger partial charge < -0.3 is 74.0 Å². The standard InChI is InChI=1S/C32H52N10O15/c1-16(27(51)36-14-24(46)42-10-4-6-21(42)31(55)41-20(15-43)32(56)57)37-29(53)18(7-8-25(47)48)38-23(45)13-35-28(52)17(5-2-3-9-33)40-30(54)19(11-26(49)50)39-22(44)12-34/h16-21,43H,2-15,33-34H2,1H3,(H,35,52)(H,36,51)(H,37,53)(H,38,45)(H,39,44)(H,40,54)(H,41,55)(H,47,48)(H,49,50)(H,56,57)/t16-,17-,18-,19-,20-,21-/m0/s1. The number of carboxylic acid groups (broad SMARTS) is 3. The summed E-state index contributed by atoms with van der Waals surface area (Å²) in [5.74, 6) is -11.4. The van der Waals surface area contributed by atoms with Gasteiger partial charge in [-0.25, -0.2) is 4.79 Å². The van der Waals surface area contributed by atoms with E-state index in [1.807, 2.05) is 0 Å². The van der Waals surface area contributed by atoms with E-state index in [0.717, 1.165) is 4.90 Å². The Balaban J connectivity index is 2.88. The number of hydrogen-bond donors (Lipinski definition) is 13. The smallest absolute Gasteiger partial charge is 0.328 e. The molecule has 25 heteroatoms. The fourth-order valence-electron chi connectivity index (χ4n) is 5.33. The molecule has 0 radical (unpaired) electrons. The Kier molecular flexibility index (Phi) is 21.7. The van der Waals surface area contributed by atoms with Gasteiger partial charge >= 0.3 is 17.9 Å². The first-order chi connectivity index (χ1) is 26.8. The Labute approximate surface area is 325 Å². The van der Waals surface area contributed by atoms with Gasteiger partial charge in [0.2, 0.25) is 47.3 Å². The van der Waals surface area contributed by atoms with Crippen LogP contribution in [0.15, 0.2) is 0 Å². The fourth-order valence-corrected chi connectivity index (χ4v) is 5.33. The molecule has 0 spiro atoms. The van der Waals surface area contributed by atoms with Crippen LogP contribution in [0.1, 0.15) is 58.3 Å². The molecule has 57 heavy (non-hydrogen) atoms. The molecule has 6 atom stereocenters. The first kappa shape index (κ1) is 49.1. The Morgan fingerprint density at radius 3 is 1.88 bits per heavy atom. The summed E-state index contributed by atoms with van der Waals surface area (Å²) in [6.07, 6.45) is -0.581. The number of nitrogens with two attached hydrogens (primary N) is 2. The predicted octanol–water partition coefficient (Wildman–Crippen LogP) is -6.84. The van der Waals surface area contributed by atoms with Crippen molar-refractivity contribution in [2.75, 3.05) is 39.3 Å². The fraction of sp³-hybridized carbons (Fsp3) is 0.656. The minimum absolute atomic E-state index is 0.0119. The average molecular weight is 817 g/mol. The third-order valence-corrected chi connectivity index (χ3v) is 8.36. The molecule has 0 aliphatic carbocycles. The van der Waals surface area contributed by atoms with Crippen LogP contribution in [0.3, 0.4) is 0 Å². The summed E-state index contributed by atoms with van der Waals surface area (Å²) in [4.78, 5) is 137. The van der Waals surface area contributed by atoms with Crippen LogP contribution in [0.25, 0.3) is 0 Å². The molecule has 0 saturated carbocycles. The summed E-state index contributed by atoms with van der Waals surface area (Å²) >= 11 is 0. The number of likely N-dealkylation sites (tertiary alicyclic amines) is 1. The topological polar surface area (TPSA) is 408 Å². The number of amides is 8. The summed E-state index contributed by atoms with van der Waals surface area (Å²) in [5, 5.41) is 52.3. The average Bonchev–Trinajstić information content (AvgIpc) is 3.65. The van der Waals surface area contributed by atoms with E-state index in [1.54, 1.807) is 0 Å². The number of nitrogens with one attached hydrogen (secondary N) is 7. The van der Waals surface area contributed by atoms with Gasteiger partial charge in [-0.2, -0.15) is 0 Å². The summed E-state index contributed by atoms with van der Waals surface area (Å²) in [5.41, 5.74) is 10.7. The highest BCUT2D eigenvalue weighted by Crippen LogP contribution is 2.17. The lowest BCUT2D eigenvalue weighted by atomic mass is 10.1. The highest BCUT2D eigenvalue weighted by atomic mass is 16.4. The molecular weight excluding hydrogens is 764 g/mol. The molecule has 320 valence electrons. The highest BCUT2D eigenvalue weighted by Gasteiger charge is 2.36. The monoisotopic (exact) mass is 816 g/mol. The minimum atomic E-state index is -1.59. The number of hydrogen-bond acceptors (Lipinski definition) is 14. The Bertz CT molecular complexity index is 1500. The second-order valence-corrected chi connectivity index (χ2v) is 12.8. The summed E-state index contributed by atoms with van der Waals surface area (Å²) in [7, 11) is 0. The number of aliphatic hydroxyl groups is 1. The molecule has 25 nitrogen and oxygen atoms in total. The molecule has 1 saturated heterocycles. The third kappa shape index (κ3) is 18.0. The van der Waals surface area contributed by atoms with E-state index >= 15 is 0 Å². The molecule has 0 aromatic rings. The summed E-state index contributed by atoms with van der Waals surface area (Å²) in [6.45, 7) is -1.26. The van der Waals surface area contributed by atoms with Crippen LogP contribution in [0, 0.1) is 0 Å². The van der Waals surface area contributed by atoms with Crippen molar-refractivity contribution in [3.8, 4) is 0 Å². The van der Waals surface area contributed by atoms with E-state index in [4.69, 9.17) is 21.7 Å². The van der Waals surface area contributed by atoms with Crippen molar-refractivity contribution < 1.29 is 73.2 Å². The van der Waals surface area contributed by atoms with Crippen molar-refractivity contribution >= 4 is 65.2 Å². The molecule has 8 amide bonds. The van der Waals surface area contributed by atoms with Crippen LogP contribution in [-0.4, -0.2) is 166 Å². The number of carbonyl (C=O) groups is 11. The molecule has 1 aliphatic heterocycles. The molecule has 1 fully saturated rings. The number of aliphatic carboxylic acids is 3. The van der Waals surface area contributed by atoms with E-state index in [2.05, 4.69) is 37.2 Å². The van der Waals surface area contributed by atoms with E-state index in [-0.39, 0.29) is 25.9 Å². The quantitative estimate of drug-likeness (QED) is 0.0361. The molecule has 0 aromatic carbocycles. The maximum absolute atomic E-state index is 13.1.